The van der Waals surface area contributed by atoms with E-state index in [-0.39, 0.29) is 11.2 Å². The molecule has 0 aromatic heterocycles. The summed E-state index contributed by atoms with van der Waals surface area (Å²) in [4.78, 5) is 0. The van der Waals surface area contributed by atoms with Crippen molar-refractivity contribution in [2.75, 3.05) is 5.75 Å². The van der Waals surface area contributed by atoms with E-state index >= 15 is 0 Å². The minimum absolute atomic E-state index is 0.153. The van der Waals surface area contributed by atoms with Gasteiger partial charge in [-0.2, -0.15) is 0 Å². The largest absolute Gasteiger partial charge is 0.772 e. The Kier molecular flexibility index (Phi) is 4.05. The standard InChI is InChI=1S/C12H18O2S/c1-12(2,3)11-6-4-10(5-7-11)8-9-15(13)14/h4-7H,8-9H2,1-3H3,(H,13,14)/p-1. The normalized spacial score (nSPS) is 13.9. The van der Waals surface area contributed by atoms with E-state index in [1.807, 2.05) is 12.1 Å². The van der Waals surface area contributed by atoms with Crippen molar-refractivity contribution in [2.24, 2.45) is 0 Å². The minimum atomic E-state index is -1.94. The Morgan fingerprint density at radius 1 is 1.20 bits per heavy atom. The first-order chi connectivity index (χ1) is 6.89. The fraction of sp³-hybridized carbons (Fsp3) is 0.500. The van der Waals surface area contributed by atoms with E-state index in [0.717, 1.165) is 5.56 Å². The Labute approximate surface area is 94.0 Å². The van der Waals surface area contributed by atoms with E-state index in [0.29, 0.717) is 6.42 Å². The van der Waals surface area contributed by atoms with Crippen LogP contribution in [0.4, 0.5) is 0 Å². The van der Waals surface area contributed by atoms with Gasteiger partial charge in [0.2, 0.25) is 0 Å². The first-order valence-electron chi connectivity index (χ1n) is 5.05. The van der Waals surface area contributed by atoms with E-state index in [2.05, 4.69) is 32.9 Å². The molecule has 0 aliphatic carbocycles. The molecular formula is C12H17O2S-. The summed E-state index contributed by atoms with van der Waals surface area (Å²) in [5.74, 6) is 0.203. The number of benzene rings is 1. The van der Waals surface area contributed by atoms with Crippen LogP contribution in [0, 0.1) is 0 Å². The van der Waals surface area contributed by atoms with Crippen LogP contribution in [0.5, 0.6) is 0 Å². The molecule has 0 amide bonds. The fourth-order valence-electron chi connectivity index (χ4n) is 1.37. The number of hydrogen-bond donors (Lipinski definition) is 0. The molecule has 1 atom stereocenters. The predicted octanol–water partition coefficient (Wildman–Crippen LogP) is 2.41. The van der Waals surface area contributed by atoms with Gasteiger partial charge in [0.05, 0.1) is 0 Å². The lowest BCUT2D eigenvalue weighted by atomic mass is 9.86. The summed E-state index contributed by atoms with van der Waals surface area (Å²) in [6.45, 7) is 6.48. The Morgan fingerprint density at radius 3 is 2.13 bits per heavy atom. The molecular weight excluding hydrogens is 208 g/mol. The second-order valence-electron chi connectivity index (χ2n) is 4.70. The predicted molar refractivity (Wildman–Crippen MR) is 62.6 cm³/mol. The summed E-state index contributed by atoms with van der Waals surface area (Å²) in [5, 5.41) is 0. The van der Waals surface area contributed by atoms with Crippen molar-refractivity contribution in [3.8, 4) is 0 Å². The Morgan fingerprint density at radius 2 is 1.73 bits per heavy atom. The van der Waals surface area contributed by atoms with Crippen molar-refractivity contribution in [1.82, 2.24) is 0 Å². The smallest absolute Gasteiger partial charge is 0.0142 e. The quantitative estimate of drug-likeness (QED) is 0.741. The van der Waals surface area contributed by atoms with Crippen molar-refractivity contribution in [1.29, 1.82) is 0 Å². The Balaban J connectivity index is 2.69. The van der Waals surface area contributed by atoms with E-state index in [1.165, 1.54) is 5.56 Å². The highest BCUT2D eigenvalue weighted by atomic mass is 32.2. The molecule has 1 unspecified atom stereocenters. The highest BCUT2D eigenvalue weighted by Crippen LogP contribution is 2.22. The second kappa shape index (κ2) is 4.90. The van der Waals surface area contributed by atoms with Crippen LogP contribution in [0.15, 0.2) is 24.3 Å². The Bertz CT molecular complexity index is 336. The van der Waals surface area contributed by atoms with Crippen LogP contribution in [0.1, 0.15) is 31.9 Å². The van der Waals surface area contributed by atoms with E-state index < -0.39 is 11.1 Å². The zero-order valence-corrected chi connectivity index (χ0v) is 10.3. The fourth-order valence-corrected chi connectivity index (χ4v) is 1.77. The van der Waals surface area contributed by atoms with Gasteiger partial charge in [-0.15, -0.1) is 0 Å². The molecule has 1 aromatic carbocycles. The molecule has 15 heavy (non-hydrogen) atoms. The van der Waals surface area contributed by atoms with Gasteiger partial charge < -0.3 is 4.55 Å². The first-order valence-corrected chi connectivity index (χ1v) is 6.29. The third-order valence-corrected chi connectivity index (χ3v) is 2.91. The molecule has 0 bridgehead atoms. The van der Waals surface area contributed by atoms with Gasteiger partial charge in [-0.05, 0) is 23.0 Å². The van der Waals surface area contributed by atoms with Crippen LogP contribution in [-0.4, -0.2) is 14.5 Å². The summed E-state index contributed by atoms with van der Waals surface area (Å²) in [7, 11) is 0. The zero-order chi connectivity index (χ0) is 11.5. The molecule has 0 heterocycles. The molecule has 1 rings (SSSR count). The lowest BCUT2D eigenvalue weighted by molar-refractivity contribution is 0.536. The van der Waals surface area contributed by atoms with Gasteiger partial charge in [0.25, 0.3) is 0 Å². The summed E-state index contributed by atoms with van der Waals surface area (Å²) >= 11 is -1.94. The molecule has 0 fully saturated rings. The molecule has 0 saturated carbocycles. The molecule has 84 valence electrons. The maximum atomic E-state index is 10.4. The summed E-state index contributed by atoms with van der Waals surface area (Å²) in [6, 6.07) is 8.16. The molecule has 0 N–H and O–H groups in total. The first kappa shape index (κ1) is 12.4. The summed E-state index contributed by atoms with van der Waals surface area (Å²) in [5.41, 5.74) is 2.50. The SMILES string of the molecule is CC(C)(C)c1ccc(CCS(=O)[O-])cc1. The average Bonchev–Trinajstić information content (AvgIpc) is 2.14. The highest BCUT2D eigenvalue weighted by Gasteiger charge is 2.12. The molecule has 0 saturated heterocycles. The van der Waals surface area contributed by atoms with Gasteiger partial charge >= 0.3 is 0 Å². The molecule has 1 aromatic rings. The Hall–Kier alpha value is -0.670. The highest BCUT2D eigenvalue weighted by molar-refractivity contribution is 7.79. The minimum Gasteiger partial charge on any atom is -0.772 e. The van der Waals surface area contributed by atoms with Crippen LogP contribution in [0.25, 0.3) is 0 Å². The van der Waals surface area contributed by atoms with Gasteiger partial charge in [-0.1, -0.05) is 56.1 Å². The van der Waals surface area contributed by atoms with Crippen LogP contribution in [0.2, 0.25) is 0 Å². The maximum absolute atomic E-state index is 10.4. The molecule has 0 aliphatic heterocycles. The van der Waals surface area contributed by atoms with Crippen molar-refractivity contribution in [3.63, 3.8) is 0 Å². The van der Waals surface area contributed by atoms with E-state index in [4.69, 9.17) is 0 Å². The van der Waals surface area contributed by atoms with Gasteiger partial charge in [0.15, 0.2) is 0 Å². The second-order valence-corrected chi connectivity index (χ2v) is 5.72. The number of aryl methyl sites for hydroxylation is 1. The third kappa shape index (κ3) is 4.14. The lowest BCUT2D eigenvalue weighted by Gasteiger charge is -2.19. The molecule has 0 aliphatic rings. The third-order valence-electron chi connectivity index (χ3n) is 2.38. The number of rotatable bonds is 3. The monoisotopic (exact) mass is 225 g/mol. The average molecular weight is 225 g/mol. The van der Waals surface area contributed by atoms with Crippen molar-refractivity contribution in [3.05, 3.63) is 35.4 Å². The topological polar surface area (TPSA) is 40.1 Å². The van der Waals surface area contributed by atoms with Gasteiger partial charge in [0, 0.05) is 5.75 Å². The van der Waals surface area contributed by atoms with Gasteiger partial charge in [-0.25, -0.2) is 0 Å². The van der Waals surface area contributed by atoms with Crippen LogP contribution in [-0.2, 0) is 22.9 Å². The van der Waals surface area contributed by atoms with E-state index in [9.17, 15) is 8.76 Å². The van der Waals surface area contributed by atoms with Gasteiger partial charge in [-0.3, -0.25) is 4.21 Å². The van der Waals surface area contributed by atoms with Crippen LogP contribution < -0.4 is 0 Å². The number of hydrogen-bond acceptors (Lipinski definition) is 2. The lowest BCUT2D eigenvalue weighted by Crippen LogP contribution is -2.10. The molecule has 2 nitrogen and oxygen atoms in total. The van der Waals surface area contributed by atoms with Crippen molar-refractivity contribution < 1.29 is 8.76 Å². The van der Waals surface area contributed by atoms with Gasteiger partial charge in [0.1, 0.15) is 0 Å². The summed E-state index contributed by atoms with van der Waals surface area (Å²) in [6.07, 6.45) is 0.598. The van der Waals surface area contributed by atoms with E-state index in [1.54, 1.807) is 0 Å². The van der Waals surface area contributed by atoms with Crippen LogP contribution >= 0.6 is 0 Å². The summed E-state index contributed by atoms with van der Waals surface area (Å²) < 4.78 is 20.8. The maximum Gasteiger partial charge on any atom is 0.0142 e. The molecule has 3 heteroatoms. The van der Waals surface area contributed by atoms with Crippen LogP contribution in [0.3, 0.4) is 0 Å². The molecule has 0 spiro atoms. The van der Waals surface area contributed by atoms with Crippen molar-refractivity contribution >= 4 is 11.1 Å². The molecule has 0 radical (unpaired) electrons. The van der Waals surface area contributed by atoms with Crippen molar-refractivity contribution in [2.45, 2.75) is 32.6 Å². The zero-order valence-electron chi connectivity index (χ0n) is 9.45.